The first-order valence-corrected chi connectivity index (χ1v) is 6.75. The predicted molar refractivity (Wildman–Crippen MR) is 68.2 cm³/mol. The van der Waals surface area contributed by atoms with Crippen LogP contribution < -0.4 is 0 Å². The SMILES string of the molecule is CC(C)(C)C1OCC(CC(C)(C)C2COCO2)O1. The van der Waals surface area contributed by atoms with Crippen molar-refractivity contribution in [3.05, 3.63) is 0 Å². The molecule has 106 valence electrons. The summed E-state index contributed by atoms with van der Waals surface area (Å²) in [4.78, 5) is 0. The first-order chi connectivity index (χ1) is 8.29. The third kappa shape index (κ3) is 3.23. The molecule has 2 saturated heterocycles. The summed E-state index contributed by atoms with van der Waals surface area (Å²) >= 11 is 0. The Morgan fingerprint density at radius 1 is 1.00 bits per heavy atom. The highest BCUT2D eigenvalue weighted by molar-refractivity contribution is 4.86. The van der Waals surface area contributed by atoms with Gasteiger partial charge in [0.1, 0.15) is 6.79 Å². The van der Waals surface area contributed by atoms with E-state index in [0.29, 0.717) is 20.0 Å². The lowest BCUT2D eigenvalue weighted by Crippen LogP contribution is -2.36. The normalized spacial score (nSPS) is 34.2. The third-order valence-corrected chi connectivity index (χ3v) is 3.70. The van der Waals surface area contributed by atoms with E-state index in [1.165, 1.54) is 0 Å². The van der Waals surface area contributed by atoms with Gasteiger partial charge in [0.05, 0.1) is 25.4 Å². The lowest BCUT2D eigenvalue weighted by molar-refractivity contribution is -0.130. The van der Waals surface area contributed by atoms with Crippen LogP contribution in [0.15, 0.2) is 0 Å². The fourth-order valence-corrected chi connectivity index (χ4v) is 2.51. The summed E-state index contributed by atoms with van der Waals surface area (Å²) in [6.45, 7) is 12.6. The average molecular weight is 258 g/mol. The minimum absolute atomic E-state index is 0.0336. The second-order valence-electron chi connectivity index (χ2n) is 7.13. The van der Waals surface area contributed by atoms with Crippen molar-refractivity contribution in [1.82, 2.24) is 0 Å². The van der Waals surface area contributed by atoms with Crippen LogP contribution in [0.4, 0.5) is 0 Å². The molecular formula is C14H26O4. The molecule has 0 amide bonds. The molecule has 0 radical (unpaired) electrons. The van der Waals surface area contributed by atoms with Crippen LogP contribution in [0.5, 0.6) is 0 Å². The zero-order chi connectivity index (χ0) is 13.4. The molecule has 0 bridgehead atoms. The van der Waals surface area contributed by atoms with Gasteiger partial charge in [0, 0.05) is 5.41 Å². The molecule has 4 nitrogen and oxygen atoms in total. The third-order valence-electron chi connectivity index (χ3n) is 3.70. The summed E-state index contributed by atoms with van der Waals surface area (Å²) < 4.78 is 22.6. The molecule has 2 rings (SSSR count). The van der Waals surface area contributed by atoms with Gasteiger partial charge >= 0.3 is 0 Å². The van der Waals surface area contributed by atoms with E-state index in [2.05, 4.69) is 34.6 Å². The van der Waals surface area contributed by atoms with Gasteiger partial charge in [-0.3, -0.25) is 0 Å². The molecule has 2 aliphatic heterocycles. The molecule has 0 saturated carbocycles. The van der Waals surface area contributed by atoms with Crippen molar-refractivity contribution in [2.24, 2.45) is 10.8 Å². The molecule has 0 aromatic carbocycles. The minimum atomic E-state index is -0.0981. The summed E-state index contributed by atoms with van der Waals surface area (Å²) in [5.74, 6) is 0. The molecule has 0 N–H and O–H groups in total. The van der Waals surface area contributed by atoms with Gasteiger partial charge in [-0.1, -0.05) is 34.6 Å². The van der Waals surface area contributed by atoms with Gasteiger partial charge in [-0.05, 0) is 11.8 Å². The predicted octanol–water partition coefficient (Wildman–Crippen LogP) is 2.56. The van der Waals surface area contributed by atoms with Crippen molar-refractivity contribution in [2.45, 2.75) is 59.5 Å². The molecule has 0 aromatic heterocycles. The van der Waals surface area contributed by atoms with Crippen molar-refractivity contribution in [1.29, 1.82) is 0 Å². The van der Waals surface area contributed by atoms with Crippen molar-refractivity contribution < 1.29 is 18.9 Å². The topological polar surface area (TPSA) is 36.9 Å². The van der Waals surface area contributed by atoms with Crippen LogP contribution in [0.2, 0.25) is 0 Å². The van der Waals surface area contributed by atoms with Gasteiger partial charge in [-0.2, -0.15) is 0 Å². The van der Waals surface area contributed by atoms with Crippen LogP contribution in [-0.4, -0.2) is 38.5 Å². The molecule has 0 aromatic rings. The molecular weight excluding hydrogens is 232 g/mol. The fourth-order valence-electron chi connectivity index (χ4n) is 2.51. The molecule has 2 fully saturated rings. The lowest BCUT2D eigenvalue weighted by atomic mass is 9.81. The molecule has 0 spiro atoms. The van der Waals surface area contributed by atoms with Gasteiger partial charge < -0.3 is 18.9 Å². The maximum absolute atomic E-state index is 6.00. The summed E-state index contributed by atoms with van der Waals surface area (Å²) in [6.07, 6.45) is 1.16. The Bertz CT molecular complexity index is 276. The average Bonchev–Trinajstić information content (AvgIpc) is 2.83. The Morgan fingerprint density at radius 3 is 2.22 bits per heavy atom. The first-order valence-electron chi connectivity index (χ1n) is 6.75. The van der Waals surface area contributed by atoms with E-state index < -0.39 is 0 Å². The van der Waals surface area contributed by atoms with E-state index in [-0.39, 0.29) is 29.3 Å². The molecule has 3 unspecified atom stereocenters. The van der Waals surface area contributed by atoms with Gasteiger partial charge in [-0.15, -0.1) is 0 Å². The Morgan fingerprint density at radius 2 is 1.72 bits per heavy atom. The number of ether oxygens (including phenoxy) is 4. The number of hydrogen-bond donors (Lipinski definition) is 0. The smallest absolute Gasteiger partial charge is 0.162 e. The van der Waals surface area contributed by atoms with Crippen LogP contribution in [0.1, 0.15) is 41.0 Å². The van der Waals surface area contributed by atoms with Crippen LogP contribution in [-0.2, 0) is 18.9 Å². The summed E-state index contributed by atoms with van der Waals surface area (Å²) in [5, 5.41) is 0. The van der Waals surface area contributed by atoms with E-state index >= 15 is 0 Å². The highest BCUT2D eigenvalue weighted by atomic mass is 16.7. The zero-order valence-electron chi connectivity index (χ0n) is 12.2. The quantitative estimate of drug-likeness (QED) is 0.779. The van der Waals surface area contributed by atoms with E-state index in [1.54, 1.807) is 0 Å². The Kier molecular flexibility index (Phi) is 4.02. The van der Waals surface area contributed by atoms with E-state index in [4.69, 9.17) is 18.9 Å². The van der Waals surface area contributed by atoms with Crippen LogP contribution in [0, 0.1) is 10.8 Å². The lowest BCUT2D eigenvalue weighted by Gasteiger charge is -2.32. The van der Waals surface area contributed by atoms with Crippen molar-refractivity contribution in [2.75, 3.05) is 20.0 Å². The largest absolute Gasteiger partial charge is 0.353 e. The van der Waals surface area contributed by atoms with E-state index in [0.717, 1.165) is 6.42 Å². The van der Waals surface area contributed by atoms with Crippen LogP contribution >= 0.6 is 0 Å². The molecule has 2 aliphatic rings. The summed E-state index contributed by atoms with van der Waals surface area (Å²) in [5.41, 5.74) is 0.0865. The first kappa shape index (κ1) is 14.3. The van der Waals surface area contributed by atoms with Crippen molar-refractivity contribution in [3.8, 4) is 0 Å². The Labute approximate surface area is 110 Å². The molecule has 4 heteroatoms. The second-order valence-corrected chi connectivity index (χ2v) is 7.13. The molecule has 18 heavy (non-hydrogen) atoms. The maximum Gasteiger partial charge on any atom is 0.162 e. The maximum atomic E-state index is 6.00. The number of rotatable bonds is 3. The number of hydrogen-bond acceptors (Lipinski definition) is 4. The van der Waals surface area contributed by atoms with Crippen LogP contribution in [0.25, 0.3) is 0 Å². The second kappa shape index (κ2) is 5.08. The van der Waals surface area contributed by atoms with Gasteiger partial charge in [0.15, 0.2) is 6.29 Å². The van der Waals surface area contributed by atoms with Crippen molar-refractivity contribution >= 4 is 0 Å². The zero-order valence-corrected chi connectivity index (χ0v) is 12.2. The van der Waals surface area contributed by atoms with Crippen LogP contribution in [0.3, 0.4) is 0 Å². The summed E-state index contributed by atoms with van der Waals surface area (Å²) in [6, 6.07) is 0. The van der Waals surface area contributed by atoms with Gasteiger partial charge in [0.25, 0.3) is 0 Å². The monoisotopic (exact) mass is 258 g/mol. The molecule has 2 heterocycles. The Hall–Kier alpha value is -0.160. The van der Waals surface area contributed by atoms with Crippen molar-refractivity contribution in [3.63, 3.8) is 0 Å². The Balaban J connectivity index is 1.87. The van der Waals surface area contributed by atoms with E-state index in [9.17, 15) is 0 Å². The minimum Gasteiger partial charge on any atom is -0.353 e. The summed E-state index contributed by atoms with van der Waals surface area (Å²) in [7, 11) is 0. The highest BCUT2D eigenvalue weighted by Gasteiger charge is 2.41. The van der Waals surface area contributed by atoms with E-state index in [1.807, 2.05) is 0 Å². The van der Waals surface area contributed by atoms with Gasteiger partial charge in [-0.25, -0.2) is 0 Å². The molecule has 3 atom stereocenters. The van der Waals surface area contributed by atoms with Gasteiger partial charge in [0.2, 0.25) is 0 Å². The standard InChI is InChI=1S/C14H26O4/c1-13(2,3)12-16-7-10(18-12)6-14(4,5)11-8-15-9-17-11/h10-12H,6-9H2,1-5H3. The fraction of sp³-hybridized carbons (Fsp3) is 1.00. The highest BCUT2D eigenvalue weighted by Crippen LogP contribution is 2.37. The molecule has 0 aliphatic carbocycles.